The van der Waals surface area contributed by atoms with E-state index in [0.717, 1.165) is 29.5 Å². The van der Waals surface area contributed by atoms with Gasteiger partial charge in [0.1, 0.15) is 5.69 Å². The van der Waals surface area contributed by atoms with Crippen LogP contribution in [-0.4, -0.2) is 4.98 Å². The standard InChI is InChI=1S/C29H39N/c1-3-5-7-8-10-26-16-22-29(30-23-26)21-15-25-13-19-28(20-14-25)27-17-11-24(12-18-27)9-6-4-2/h13-14,16,19-20,22-24,27H,3-12,17-18H2,1-2H3/t24-,27-. The molecule has 0 N–H and O–H groups in total. The Balaban J connectivity index is 1.49. The van der Waals surface area contributed by atoms with Crippen LogP contribution in [0.15, 0.2) is 42.6 Å². The van der Waals surface area contributed by atoms with Gasteiger partial charge in [0.05, 0.1) is 0 Å². The Hall–Kier alpha value is -2.07. The van der Waals surface area contributed by atoms with Crippen LogP contribution in [0.2, 0.25) is 0 Å². The van der Waals surface area contributed by atoms with Crippen LogP contribution in [0.3, 0.4) is 0 Å². The Morgan fingerprint density at radius 1 is 0.800 bits per heavy atom. The molecule has 0 saturated heterocycles. The molecule has 1 aliphatic carbocycles. The smallest absolute Gasteiger partial charge is 0.113 e. The summed E-state index contributed by atoms with van der Waals surface area (Å²) in [6, 6.07) is 13.2. The third-order valence-electron chi connectivity index (χ3n) is 6.67. The SMILES string of the molecule is CCCCCCc1ccc(C#Cc2ccc([C@H]3CC[C@H](CCCC)CC3)cc2)nc1. The zero-order chi connectivity index (χ0) is 21.0. The zero-order valence-electron chi connectivity index (χ0n) is 19.1. The number of pyridine rings is 1. The molecule has 0 aliphatic heterocycles. The summed E-state index contributed by atoms with van der Waals surface area (Å²) in [6.07, 6.45) is 18.0. The van der Waals surface area contributed by atoms with E-state index < -0.39 is 0 Å². The molecular weight excluding hydrogens is 362 g/mol. The Morgan fingerprint density at radius 2 is 1.57 bits per heavy atom. The van der Waals surface area contributed by atoms with E-state index in [1.807, 2.05) is 6.20 Å². The molecule has 0 radical (unpaired) electrons. The van der Waals surface area contributed by atoms with Gasteiger partial charge < -0.3 is 0 Å². The van der Waals surface area contributed by atoms with Gasteiger partial charge in [-0.25, -0.2) is 4.98 Å². The van der Waals surface area contributed by atoms with Gasteiger partial charge in [0.15, 0.2) is 0 Å². The fourth-order valence-corrected chi connectivity index (χ4v) is 4.65. The van der Waals surface area contributed by atoms with Crippen molar-refractivity contribution in [3.8, 4) is 11.8 Å². The maximum absolute atomic E-state index is 4.54. The van der Waals surface area contributed by atoms with Crippen molar-refractivity contribution in [2.45, 2.75) is 96.8 Å². The molecule has 160 valence electrons. The Morgan fingerprint density at radius 3 is 2.23 bits per heavy atom. The van der Waals surface area contributed by atoms with Crippen LogP contribution in [0, 0.1) is 17.8 Å². The number of nitrogens with zero attached hydrogens (tertiary/aromatic N) is 1. The second-order valence-corrected chi connectivity index (χ2v) is 9.09. The van der Waals surface area contributed by atoms with Gasteiger partial charge in [-0.2, -0.15) is 0 Å². The molecule has 0 unspecified atom stereocenters. The van der Waals surface area contributed by atoms with Gasteiger partial charge >= 0.3 is 0 Å². The summed E-state index contributed by atoms with van der Waals surface area (Å²) in [5.41, 5.74) is 4.77. The Labute approximate surface area is 184 Å². The van der Waals surface area contributed by atoms with E-state index in [4.69, 9.17) is 0 Å². The van der Waals surface area contributed by atoms with E-state index in [1.165, 1.54) is 81.8 Å². The highest BCUT2D eigenvalue weighted by atomic mass is 14.7. The maximum Gasteiger partial charge on any atom is 0.113 e. The molecule has 30 heavy (non-hydrogen) atoms. The zero-order valence-corrected chi connectivity index (χ0v) is 19.1. The summed E-state index contributed by atoms with van der Waals surface area (Å²) in [7, 11) is 0. The largest absolute Gasteiger partial charge is 0.248 e. The quantitative estimate of drug-likeness (QED) is 0.306. The second-order valence-electron chi connectivity index (χ2n) is 9.09. The first-order valence-electron chi connectivity index (χ1n) is 12.4. The average molecular weight is 402 g/mol. The molecule has 0 bridgehead atoms. The topological polar surface area (TPSA) is 12.9 Å². The Bertz CT molecular complexity index is 783. The number of rotatable bonds is 9. The van der Waals surface area contributed by atoms with Crippen LogP contribution in [0.5, 0.6) is 0 Å². The molecule has 1 aromatic carbocycles. The van der Waals surface area contributed by atoms with Crippen LogP contribution < -0.4 is 0 Å². The number of hydrogen-bond donors (Lipinski definition) is 0. The minimum absolute atomic E-state index is 0.747. The van der Waals surface area contributed by atoms with Gasteiger partial charge in [0.2, 0.25) is 0 Å². The Kier molecular flexibility index (Phi) is 9.49. The lowest BCUT2D eigenvalue weighted by molar-refractivity contribution is 0.304. The van der Waals surface area contributed by atoms with Gasteiger partial charge in [0, 0.05) is 11.8 Å². The highest BCUT2D eigenvalue weighted by Crippen LogP contribution is 2.37. The normalized spacial score (nSPS) is 18.6. The van der Waals surface area contributed by atoms with Crippen molar-refractivity contribution in [2.75, 3.05) is 0 Å². The summed E-state index contributed by atoms with van der Waals surface area (Å²) in [5.74, 6) is 8.24. The van der Waals surface area contributed by atoms with Gasteiger partial charge in [-0.05, 0) is 85.6 Å². The highest BCUT2D eigenvalue weighted by molar-refractivity contribution is 5.41. The maximum atomic E-state index is 4.54. The van der Waals surface area contributed by atoms with Crippen molar-refractivity contribution < 1.29 is 0 Å². The number of hydrogen-bond acceptors (Lipinski definition) is 1. The molecule has 1 aromatic heterocycles. The molecule has 1 heteroatoms. The number of unbranched alkanes of at least 4 members (excludes halogenated alkanes) is 4. The number of benzene rings is 1. The molecule has 2 aromatic rings. The van der Waals surface area contributed by atoms with Crippen LogP contribution in [0.4, 0.5) is 0 Å². The molecule has 0 amide bonds. The monoisotopic (exact) mass is 401 g/mol. The van der Waals surface area contributed by atoms with E-state index in [1.54, 1.807) is 0 Å². The number of aromatic nitrogens is 1. The van der Waals surface area contributed by atoms with Crippen molar-refractivity contribution in [3.63, 3.8) is 0 Å². The molecule has 1 fully saturated rings. The first-order valence-corrected chi connectivity index (χ1v) is 12.4. The summed E-state index contributed by atoms with van der Waals surface area (Å²) in [5, 5.41) is 0. The van der Waals surface area contributed by atoms with Gasteiger partial charge in [-0.3, -0.25) is 0 Å². The predicted molar refractivity (Wildman–Crippen MR) is 129 cm³/mol. The van der Waals surface area contributed by atoms with Crippen LogP contribution in [0.1, 0.15) is 113 Å². The van der Waals surface area contributed by atoms with E-state index in [9.17, 15) is 0 Å². The molecule has 0 atom stereocenters. The summed E-state index contributed by atoms with van der Waals surface area (Å²) >= 11 is 0. The molecule has 0 spiro atoms. The number of aryl methyl sites for hydroxylation is 1. The van der Waals surface area contributed by atoms with Crippen molar-refractivity contribution >= 4 is 0 Å². The molecule has 1 heterocycles. The summed E-state index contributed by atoms with van der Waals surface area (Å²) < 4.78 is 0. The van der Waals surface area contributed by atoms with E-state index in [0.29, 0.717) is 0 Å². The average Bonchev–Trinajstić information content (AvgIpc) is 2.81. The summed E-state index contributed by atoms with van der Waals surface area (Å²) in [4.78, 5) is 4.54. The fraction of sp³-hybridized carbons (Fsp3) is 0.552. The second kappa shape index (κ2) is 12.6. The highest BCUT2D eigenvalue weighted by Gasteiger charge is 2.21. The first kappa shape index (κ1) is 22.6. The van der Waals surface area contributed by atoms with Crippen LogP contribution in [0.25, 0.3) is 0 Å². The van der Waals surface area contributed by atoms with E-state index >= 15 is 0 Å². The lowest BCUT2D eigenvalue weighted by Crippen LogP contribution is -2.13. The lowest BCUT2D eigenvalue weighted by Gasteiger charge is -2.28. The molecular formula is C29H39N. The van der Waals surface area contributed by atoms with Crippen LogP contribution in [-0.2, 0) is 6.42 Å². The minimum atomic E-state index is 0.747. The minimum Gasteiger partial charge on any atom is -0.248 e. The molecule has 3 rings (SSSR count). The van der Waals surface area contributed by atoms with Gasteiger partial charge in [-0.15, -0.1) is 0 Å². The summed E-state index contributed by atoms with van der Waals surface area (Å²) in [6.45, 7) is 4.55. The van der Waals surface area contributed by atoms with Crippen LogP contribution >= 0.6 is 0 Å². The van der Waals surface area contributed by atoms with Crippen molar-refractivity contribution in [1.29, 1.82) is 0 Å². The molecule has 1 aliphatic rings. The third-order valence-corrected chi connectivity index (χ3v) is 6.67. The first-order chi connectivity index (χ1) is 14.8. The predicted octanol–water partition coefficient (Wildman–Crippen LogP) is 8.07. The van der Waals surface area contributed by atoms with E-state index in [-0.39, 0.29) is 0 Å². The third kappa shape index (κ3) is 7.32. The fourth-order valence-electron chi connectivity index (χ4n) is 4.65. The molecule has 1 saturated carbocycles. The van der Waals surface area contributed by atoms with Crippen molar-refractivity contribution in [3.05, 3.63) is 65.0 Å². The van der Waals surface area contributed by atoms with Gasteiger partial charge in [0.25, 0.3) is 0 Å². The lowest BCUT2D eigenvalue weighted by atomic mass is 9.77. The van der Waals surface area contributed by atoms with E-state index in [2.05, 4.69) is 67.1 Å². The van der Waals surface area contributed by atoms with Gasteiger partial charge in [-0.1, -0.05) is 76.5 Å². The van der Waals surface area contributed by atoms with Crippen molar-refractivity contribution in [1.82, 2.24) is 4.98 Å². The van der Waals surface area contributed by atoms with Crippen molar-refractivity contribution in [2.24, 2.45) is 5.92 Å². The molecule has 1 nitrogen and oxygen atoms in total.